The highest BCUT2D eigenvalue weighted by atomic mass is 16.3. The number of aliphatic hydroxyl groups is 1. The molecule has 0 aromatic heterocycles. The Morgan fingerprint density at radius 1 is 1.22 bits per heavy atom. The molecule has 0 bridgehead atoms. The van der Waals surface area contributed by atoms with Crippen molar-refractivity contribution in [3.8, 4) is 0 Å². The van der Waals surface area contributed by atoms with Crippen LogP contribution in [0.25, 0.3) is 0 Å². The molecular weight excluding hydrogens is 230 g/mol. The third-order valence-electron chi connectivity index (χ3n) is 4.18. The number of hydrogen-bond acceptors (Lipinski definition) is 3. The van der Waals surface area contributed by atoms with E-state index in [9.17, 15) is 14.7 Å². The number of carbonyl (C=O) groups is 2. The second-order valence-corrected chi connectivity index (χ2v) is 6.45. The molecule has 4 heteroatoms. The largest absolute Gasteiger partial charge is 0.388 e. The molecule has 2 amide bonds. The third-order valence-corrected chi connectivity index (χ3v) is 4.18. The van der Waals surface area contributed by atoms with Crippen LogP contribution in [0.1, 0.15) is 46.5 Å². The van der Waals surface area contributed by atoms with Gasteiger partial charge in [-0.25, -0.2) is 0 Å². The van der Waals surface area contributed by atoms with Crippen LogP contribution in [0.15, 0.2) is 11.6 Å². The molecule has 1 heterocycles. The number of nitrogens with zero attached hydrogens (tertiary/aromatic N) is 1. The van der Waals surface area contributed by atoms with E-state index in [2.05, 4.69) is 13.8 Å². The van der Waals surface area contributed by atoms with E-state index in [0.717, 1.165) is 12.8 Å². The fraction of sp³-hybridized carbons (Fsp3) is 0.714. The molecule has 18 heavy (non-hydrogen) atoms. The first-order valence-electron chi connectivity index (χ1n) is 6.49. The van der Waals surface area contributed by atoms with Crippen molar-refractivity contribution in [1.29, 1.82) is 0 Å². The van der Waals surface area contributed by atoms with Crippen molar-refractivity contribution >= 4 is 11.8 Å². The summed E-state index contributed by atoms with van der Waals surface area (Å²) < 4.78 is 0. The molecule has 1 N–H and O–H groups in total. The second kappa shape index (κ2) is 4.19. The van der Waals surface area contributed by atoms with Crippen LogP contribution in [0.5, 0.6) is 0 Å². The molecule has 1 saturated carbocycles. The summed E-state index contributed by atoms with van der Waals surface area (Å²) in [6.07, 6.45) is 4.49. The maximum absolute atomic E-state index is 11.8. The van der Waals surface area contributed by atoms with Gasteiger partial charge in [0.15, 0.2) is 0 Å². The van der Waals surface area contributed by atoms with E-state index in [-0.39, 0.29) is 23.8 Å². The molecule has 1 fully saturated rings. The maximum Gasteiger partial charge on any atom is 0.256 e. The van der Waals surface area contributed by atoms with Gasteiger partial charge in [0, 0.05) is 11.6 Å². The SMILES string of the molecule is CC1=CC(=O)N(CC2(O)CCC(C)(C)CC2)C1=O. The lowest BCUT2D eigenvalue weighted by atomic mass is 9.71. The van der Waals surface area contributed by atoms with Crippen LogP contribution in [-0.4, -0.2) is 34.0 Å². The Labute approximate surface area is 108 Å². The highest BCUT2D eigenvalue weighted by molar-refractivity contribution is 6.15. The highest BCUT2D eigenvalue weighted by Crippen LogP contribution is 2.40. The first-order valence-corrected chi connectivity index (χ1v) is 6.49. The van der Waals surface area contributed by atoms with E-state index in [1.54, 1.807) is 6.92 Å². The summed E-state index contributed by atoms with van der Waals surface area (Å²) in [5.41, 5.74) is -0.196. The van der Waals surface area contributed by atoms with Gasteiger partial charge in [0.25, 0.3) is 11.8 Å². The van der Waals surface area contributed by atoms with E-state index in [4.69, 9.17) is 0 Å². The first kappa shape index (κ1) is 13.3. The van der Waals surface area contributed by atoms with Crippen LogP contribution in [0, 0.1) is 5.41 Å². The smallest absolute Gasteiger partial charge is 0.256 e. The van der Waals surface area contributed by atoms with Crippen molar-refractivity contribution in [3.63, 3.8) is 0 Å². The molecule has 1 aliphatic heterocycles. The molecule has 2 aliphatic rings. The average molecular weight is 251 g/mol. The van der Waals surface area contributed by atoms with Gasteiger partial charge in [-0.15, -0.1) is 0 Å². The Balaban J connectivity index is 2.03. The predicted molar refractivity (Wildman–Crippen MR) is 67.7 cm³/mol. The van der Waals surface area contributed by atoms with Crippen molar-refractivity contribution in [1.82, 2.24) is 4.90 Å². The van der Waals surface area contributed by atoms with Crippen molar-refractivity contribution < 1.29 is 14.7 Å². The van der Waals surface area contributed by atoms with E-state index in [0.29, 0.717) is 18.4 Å². The minimum absolute atomic E-state index is 0.134. The molecule has 1 aliphatic carbocycles. The Bertz CT molecular complexity index is 413. The predicted octanol–water partition coefficient (Wildman–Crippen LogP) is 1.63. The number of hydrogen-bond donors (Lipinski definition) is 1. The van der Waals surface area contributed by atoms with Crippen molar-refractivity contribution in [2.75, 3.05) is 6.54 Å². The lowest BCUT2D eigenvalue weighted by Gasteiger charge is -2.41. The average Bonchev–Trinajstić information content (AvgIpc) is 2.51. The topological polar surface area (TPSA) is 57.6 Å². The fourth-order valence-corrected chi connectivity index (χ4v) is 2.63. The molecule has 0 unspecified atom stereocenters. The maximum atomic E-state index is 11.8. The Morgan fingerprint density at radius 2 is 1.78 bits per heavy atom. The van der Waals surface area contributed by atoms with E-state index in [1.807, 2.05) is 0 Å². The van der Waals surface area contributed by atoms with Crippen LogP contribution in [0.3, 0.4) is 0 Å². The summed E-state index contributed by atoms with van der Waals surface area (Å²) in [6.45, 7) is 6.14. The first-order chi connectivity index (χ1) is 8.22. The van der Waals surface area contributed by atoms with E-state index in [1.165, 1.54) is 11.0 Å². The van der Waals surface area contributed by atoms with Crippen LogP contribution in [0.4, 0.5) is 0 Å². The van der Waals surface area contributed by atoms with Gasteiger partial charge in [-0.1, -0.05) is 13.8 Å². The molecule has 4 nitrogen and oxygen atoms in total. The Hall–Kier alpha value is -1.16. The molecule has 2 rings (SSSR count). The van der Waals surface area contributed by atoms with Crippen molar-refractivity contribution in [2.45, 2.75) is 52.1 Å². The zero-order valence-corrected chi connectivity index (χ0v) is 11.3. The van der Waals surface area contributed by atoms with E-state index < -0.39 is 5.60 Å². The molecule has 0 spiro atoms. The zero-order chi connectivity index (χ0) is 13.6. The number of rotatable bonds is 2. The standard InChI is InChI=1S/C14H21NO3/c1-10-8-11(16)15(12(10)17)9-14(18)6-4-13(2,3)5-7-14/h8,18H,4-7,9H2,1-3H3. The molecule has 0 aromatic carbocycles. The molecule has 0 saturated heterocycles. The van der Waals surface area contributed by atoms with Gasteiger partial charge in [-0.05, 0) is 38.0 Å². The van der Waals surface area contributed by atoms with Gasteiger partial charge in [0.2, 0.25) is 0 Å². The number of β-amino-alcohol motifs (C(OH)–C–C–N with tert-alkyl or cyclic N) is 1. The minimum atomic E-state index is -0.903. The number of amides is 2. The second-order valence-electron chi connectivity index (χ2n) is 6.45. The fourth-order valence-electron chi connectivity index (χ4n) is 2.63. The van der Waals surface area contributed by atoms with Crippen molar-refractivity contribution in [2.24, 2.45) is 5.41 Å². The van der Waals surface area contributed by atoms with Crippen LogP contribution >= 0.6 is 0 Å². The van der Waals surface area contributed by atoms with Gasteiger partial charge in [-0.2, -0.15) is 0 Å². The summed E-state index contributed by atoms with van der Waals surface area (Å²) in [5.74, 6) is -0.561. The molecule has 0 radical (unpaired) electrons. The third kappa shape index (κ3) is 2.48. The van der Waals surface area contributed by atoms with Gasteiger partial charge in [0.05, 0.1) is 12.1 Å². The lowest BCUT2D eigenvalue weighted by Crippen LogP contribution is -2.48. The van der Waals surface area contributed by atoms with E-state index >= 15 is 0 Å². The summed E-state index contributed by atoms with van der Waals surface area (Å²) >= 11 is 0. The molecule has 100 valence electrons. The highest BCUT2D eigenvalue weighted by Gasteiger charge is 2.41. The summed E-state index contributed by atoms with van der Waals surface area (Å²) in [7, 11) is 0. The van der Waals surface area contributed by atoms with Crippen molar-refractivity contribution in [3.05, 3.63) is 11.6 Å². The molecule has 0 atom stereocenters. The van der Waals surface area contributed by atoms with Crippen LogP contribution < -0.4 is 0 Å². The summed E-state index contributed by atoms with van der Waals surface area (Å²) in [4.78, 5) is 24.6. The van der Waals surface area contributed by atoms with Gasteiger partial charge in [-0.3, -0.25) is 14.5 Å². The lowest BCUT2D eigenvalue weighted by molar-refractivity contribution is -0.143. The number of carbonyl (C=O) groups excluding carboxylic acids is 2. The minimum Gasteiger partial charge on any atom is -0.388 e. The van der Waals surface area contributed by atoms with Gasteiger partial charge >= 0.3 is 0 Å². The summed E-state index contributed by atoms with van der Waals surface area (Å²) in [5, 5.41) is 10.5. The molecular formula is C14H21NO3. The Morgan fingerprint density at radius 3 is 2.22 bits per heavy atom. The monoisotopic (exact) mass is 251 g/mol. The quantitative estimate of drug-likeness (QED) is 0.759. The zero-order valence-electron chi connectivity index (χ0n) is 11.3. The Kier molecular flexibility index (Phi) is 3.09. The normalized spacial score (nSPS) is 26.4. The molecule has 0 aromatic rings. The van der Waals surface area contributed by atoms with Crippen LogP contribution in [0.2, 0.25) is 0 Å². The van der Waals surface area contributed by atoms with Gasteiger partial charge < -0.3 is 5.11 Å². The number of imide groups is 1. The van der Waals surface area contributed by atoms with Gasteiger partial charge in [0.1, 0.15) is 0 Å². The summed E-state index contributed by atoms with van der Waals surface area (Å²) in [6, 6.07) is 0. The van der Waals surface area contributed by atoms with Crippen LogP contribution in [-0.2, 0) is 9.59 Å².